The molecule has 2 aromatic rings. The molecule has 0 aliphatic carbocycles. The first-order chi connectivity index (χ1) is 12.4. The van der Waals surface area contributed by atoms with Gasteiger partial charge in [0.05, 0.1) is 17.5 Å². The first-order valence-electron chi connectivity index (χ1n) is 9.11. The largest absolute Gasteiger partial charge is 0.381 e. The van der Waals surface area contributed by atoms with Crippen molar-refractivity contribution in [3.05, 3.63) is 29.3 Å². The number of pyridine rings is 1. The molecule has 0 spiro atoms. The zero-order valence-electron chi connectivity index (χ0n) is 15.2. The van der Waals surface area contributed by atoms with Gasteiger partial charge in [-0.1, -0.05) is 0 Å². The minimum absolute atomic E-state index is 0.134. The van der Waals surface area contributed by atoms with Gasteiger partial charge in [-0.3, -0.25) is 4.98 Å². The minimum Gasteiger partial charge on any atom is -0.381 e. The van der Waals surface area contributed by atoms with Gasteiger partial charge in [-0.15, -0.1) is 0 Å². The van der Waals surface area contributed by atoms with E-state index in [9.17, 15) is 8.42 Å². The fraction of sp³-hybridized carbons (Fsp3) is 0.611. The van der Waals surface area contributed by atoms with Crippen LogP contribution in [0.3, 0.4) is 0 Å². The van der Waals surface area contributed by atoms with E-state index in [0.717, 1.165) is 54.5 Å². The summed E-state index contributed by atoms with van der Waals surface area (Å²) in [4.78, 5) is 9.26. The molecule has 8 heteroatoms. The van der Waals surface area contributed by atoms with E-state index in [1.54, 1.807) is 0 Å². The molecule has 1 atom stereocenters. The first-order valence-corrected chi connectivity index (χ1v) is 10.9. The molecule has 0 saturated carbocycles. The van der Waals surface area contributed by atoms with Gasteiger partial charge in [-0.25, -0.2) is 18.1 Å². The molecule has 2 aliphatic heterocycles. The van der Waals surface area contributed by atoms with E-state index >= 15 is 0 Å². The van der Waals surface area contributed by atoms with Crippen LogP contribution < -0.4 is 0 Å². The molecule has 1 unspecified atom stereocenters. The third-order valence-corrected chi connectivity index (χ3v) is 7.03. The van der Waals surface area contributed by atoms with Gasteiger partial charge in [0.1, 0.15) is 0 Å². The molecule has 26 heavy (non-hydrogen) atoms. The van der Waals surface area contributed by atoms with Gasteiger partial charge >= 0.3 is 0 Å². The highest BCUT2D eigenvalue weighted by Gasteiger charge is 2.33. The summed E-state index contributed by atoms with van der Waals surface area (Å²) >= 11 is 0. The molecule has 4 heterocycles. The Morgan fingerprint density at radius 1 is 1.19 bits per heavy atom. The van der Waals surface area contributed by atoms with Crippen molar-refractivity contribution in [1.29, 1.82) is 0 Å². The summed E-state index contributed by atoms with van der Waals surface area (Å²) < 4.78 is 31.3. The number of nitrogens with zero attached hydrogens (tertiary/aromatic N) is 4. The average molecular weight is 376 g/mol. The smallest absolute Gasteiger partial charge is 0.160 e. The van der Waals surface area contributed by atoms with E-state index in [1.807, 2.05) is 30.8 Å². The van der Waals surface area contributed by atoms with Crippen LogP contribution in [0.15, 0.2) is 12.3 Å². The van der Waals surface area contributed by atoms with Crippen LogP contribution in [0, 0.1) is 13.8 Å². The standard InChI is InChI=1S/C18H24N4O3S/c1-12-9-13(2)19-10-16(12)18-20-17(14-3-6-25-7-4-14)21-22(18)15-5-8-26(23,24)11-15/h9-10,14-15H,3-8,11H2,1-2H3. The van der Waals surface area contributed by atoms with E-state index in [2.05, 4.69) is 4.98 Å². The van der Waals surface area contributed by atoms with E-state index in [0.29, 0.717) is 6.42 Å². The molecule has 0 N–H and O–H groups in total. The van der Waals surface area contributed by atoms with E-state index in [4.69, 9.17) is 14.8 Å². The molecule has 2 saturated heterocycles. The van der Waals surface area contributed by atoms with Crippen molar-refractivity contribution in [1.82, 2.24) is 19.7 Å². The van der Waals surface area contributed by atoms with Gasteiger partial charge in [0.25, 0.3) is 0 Å². The van der Waals surface area contributed by atoms with Crippen molar-refractivity contribution in [3.63, 3.8) is 0 Å². The van der Waals surface area contributed by atoms with Crippen molar-refractivity contribution < 1.29 is 13.2 Å². The summed E-state index contributed by atoms with van der Waals surface area (Å²) in [5.74, 6) is 2.15. The Balaban J connectivity index is 1.78. The Labute approximate surface area is 153 Å². The van der Waals surface area contributed by atoms with Gasteiger partial charge in [0, 0.05) is 36.6 Å². The van der Waals surface area contributed by atoms with Crippen LogP contribution in [0.5, 0.6) is 0 Å². The summed E-state index contributed by atoms with van der Waals surface area (Å²) in [6.45, 7) is 5.43. The Morgan fingerprint density at radius 2 is 1.96 bits per heavy atom. The fourth-order valence-electron chi connectivity index (χ4n) is 3.81. The van der Waals surface area contributed by atoms with Crippen molar-refractivity contribution in [3.8, 4) is 11.4 Å². The maximum atomic E-state index is 12.0. The number of aromatic nitrogens is 4. The number of aryl methyl sites for hydroxylation is 2. The van der Waals surface area contributed by atoms with E-state index in [-0.39, 0.29) is 23.5 Å². The second-order valence-electron chi connectivity index (χ2n) is 7.32. The second-order valence-corrected chi connectivity index (χ2v) is 9.55. The second kappa shape index (κ2) is 6.74. The summed E-state index contributed by atoms with van der Waals surface area (Å²) in [7, 11) is -3.00. The molecule has 0 radical (unpaired) electrons. The molecule has 2 fully saturated rings. The SMILES string of the molecule is Cc1cc(C)c(-c2nc(C3CCOCC3)nn2C2CCS(=O)(=O)C2)cn1. The number of ether oxygens (including phenoxy) is 1. The summed E-state index contributed by atoms with van der Waals surface area (Å²) in [6, 6.07) is 1.87. The number of sulfone groups is 1. The van der Waals surface area contributed by atoms with Crippen molar-refractivity contribution in [2.24, 2.45) is 0 Å². The third-order valence-electron chi connectivity index (χ3n) is 5.28. The maximum Gasteiger partial charge on any atom is 0.160 e. The molecular weight excluding hydrogens is 352 g/mol. The molecule has 2 aromatic heterocycles. The molecule has 0 amide bonds. The van der Waals surface area contributed by atoms with Gasteiger partial charge in [-0.2, -0.15) is 5.10 Å². The lowest BCUT2D eigenvalue weighted by atomic mass is 10.00. The highest BCUT2D eigenvalue weighted by molar-refractivity contribution is 7.91. The van der Waals surface area contributed by atoms with Gasteiger partial charge in [0.2, 0.25) is 0 Å². The Kier molecular flexibility index (Phi) is 4.56. The normalized spacial score (nSPS) is 23.4. The van der Waals surface area contributed by atoms with Gasteiger partial charge < -0.3 is 4.74 Å². The van der Waals surface area contributed by atoms with Crippen LogP contribution in [0.25, 0.3) is 11.4 Å². The lowest BCUT2D eigenvalue weighted by Crippen LogP contribution is -2.17. The number of hydrogen-bond donors (Lipinski definition) is 0. The van der Waals surface area contributed by atoms with Crippen molar-refractivity contribution >= 4 is 9.84 Å². The van der Waals surface area contributed by atoms with Crippen LogP contribution in [-0.2, 0) is 14.6 Å². The number of rotatable bonds is 3. The monoisotopic (exact) mass is 376 g/mol. The Morgan fingerprint density at radius 3 is 2.62 bits per heavy atom. The lowest BCUT2D eigenvalue weighted by molar-refractivity contribution is 0.0835. The first kappa shape index (κ1) is 17.6. The molecular formula is C18H24N4O3S. The molecule has 2 aliphatic rings. The van der Waals surface area contributed by atoms with Gasteiger partial charge in [-0.05, 0) is 44.7 Å². The Hall–Kier alpha value is -1.80. The molecule has 4 rings (SSSR count). The molecule has 0 aromatic carbocycles. The van der Waals surface area contributed by atoms with Crippen molar-refractivity contribution in [2.75, 3.05) is 24.7 Å². The van der Waals surface area contributed by atoms with Crippen LogP contribution in [0.1, 0.15) is 48.3 Å². The Bertz CT molecular complexity index is 917. The average Bonchev–Trinajstić information content (AvgIpc) is 3.19. The quantitative estimate of drug-likeness (QED) is 0.816. The van der Waals surface area contributed by atoms with E-state index in [1.165, 1.54) is 0 Å². The zero-order chi connectivity index (χ0) is 18.3. The van der Waals surface area contributed by atoms with Gasteiger partial charge in [0.15, 0.2) is 21.5 Å². The fourth-order valence-corrected chi connectivity index (χ4v) is 5.50. The third kappa shape index (κ3) is 3.40. The summed E-state index contributed by atoms with van der Waals surface area (Å²) in [6.07, 6.45) is 4.21. The highest BCUT2D eigenvalue weighted by Crippen LogP contribution is 2.33. The van der Waals surface area contributed by atoms with Crippen LogP contribution in [0.4, 0.5) is 0 Å². The number of hydrogen-bond acceptors (Lipinski definition) is 6. The highest BCUT2D eigenvalue weighted by atomic mass is 32.2. The maximum absolute atomic E-state index is 12.0. The van der Waals surface area contributed by atoms with E-state index < -0.39 is 9.84 Å². The molecule has 0 bridgehead atoms. The summed E-state index contributed by atoms with van der Waals surface area (Å²) in [5, 5.41) is 4.78. The van der Waals surface area contributed by atoms with Crippen LogP contribution in [-0.4, -0.2) is 52.9 Å². The molecule has 140 valence electrons. The topological polar surface area (TPSA) is 87.0 Å². The predicted molar refractivity (Wildman–Crippen MR) is 97.8 cm³/mol. The summed E-state index contributed by atoms with van der Waals surface area (Å²) in [5.41, 5.74) is 2.95. The van der Waals surface area contributed by atoms with Crippen LogP contribution in [0.2, 0.25) is 0 Å². The minimum atomic E-state index is -3.00. The predicted octanol–water partition coefficient (Wildman–Crippen LogP) is 2.21. The van der Waals surface area contributed by atoms with Crippen LogP contribution >= 0.6 is 0 Å². The molecule has 7 nitrogen and oxygen atoms in total. The van der Waals surface area contributed by atoms with Crippen molar-refractivity contribution in [2.45, 2.75) is 45.1 Å². The zero-order valence-corrected chi connectivity index (χ0v) is 16.0. The lowest BCUT2D eigenvalue weighted by Gasteiger charge is -2.19.